The average Bonchev–Trinajstić information content (AvgIpc) is 2.48. The first-order valence-electron chi connectivity index (χ1n) is 6.69. The summed E-state index contributed by atoms with van der Waals surface area (Å²) in [6.07, 6.45) is 0.375. The summed E-state index contributed by atoms with van der Waals surface area (Å²) in [5.74, 6) is 1.16. The lowest BCUT2D eigenvalue weighted by atomic mass is 10.2. The highest BCUT2D eigenvalue weighted by Crippen LogP contribution is 2.28. The van der Waals surface area contributed by atoms with Gasteiger partial charge in [0.1, 0.15) is 0 Å². The van der Waals surface area contributed by atoms with Crippen molar-refractivity contribution >= 4 is 0 Å². The van der Waals surface area contributed by atoms with Crippen molar-refractivity contribution in [2.45, 2.75) is 26.6 Å². The maximum atomic E-state index is 8.84. The molecule has 0 fully saturated rings. The van der Waals surface area contributed by atoms with E-state index in [0.29, 0.717) is 43.3 Å². The number of nitriles is 1. The molecule has 1 aromatic rings. The van der Waals surface area contributed by atoms with Crippen LogP contribution in [0.4, 0.5) is 0 Å². The molecule has 1 aromatic carbocycles. The van der Waals surface area contributed by atoms with Crippen LogP contribution in [0.3, 0.4) is 0 Å². The van der Waals surface area contributed by atoms with Gasteiger partial charge >= 0.3 is 0 Å². The van der Waals surface area contributed by atoms with Gasteiger partial charge in [0.05, 0.1) is 25.3 Å². The third kappa shape index (κ3) is 5.08. The van der Waals surface area contributed by atoms with Crippen LogP contribution < -0.4 is 9.47 Å². The van der Waals surface area contributed by atoms with Crippen molar-refractivity contribution in [3.8, 4) is 17.6 Å². The monoisotopic (exact) mass is 279 g/mol. The molecular weight excluding hydrogens is 258 g/mol. The SMILES string of the molecule is CCOC(CCOc1ccc(C#N)cc1OC)OCC. The first-order chi connectivity index (χ1) is 9.74. The molecule has 1 rings (SSSR count). The number of hydrogen-bond acceptors (Lipinski definition) is 5. The Bertz CT molecular complexity index is 436. The molecule has 110 valence electrons. The van der Waals surface area contributed by atoms with Crippen LogP contribution in [0.25, 0.3) is 0 Å². The minimum Gasteiger partial charge on any atom is -0.493 e. The quantitative estimate of drug-likeness (QED) is 0.650. The molecule has 0 atom stereocenters. The molecule has 0 saturated carbocycles. The lowest BCUT2D eigenvalue weighted by Crippen LogP contribution is -2.20. The third-order valence-electron chi connectivity index (χ3n) is 2.61. The van der Waals surface area contributed by atoms with E-state index in [4.69, 9.17) is 24.2 Å². The molecule has 0 spiro atoms. The van der Waals surface area contributed by atoms with Gasteiger partial charge in [-0.2, -0.15) is 5.26 Å². The first kappa shape index (κ1) is 16.3. The van der Waals surface area contributed by atoms with Crippen molar-refractivity contribution in [1.82, 2.24) is 0 Å². The molecule has 0 aliphatic rings. The van der Waals surface area contributed by atoms with Crippen LogP contribution in [0, 0.1) is 11.3 Å². The lowest BCUT2D eigenvalue weighted by molar-refractivity contribution is -0.142. The van der Waals surface area contributed by atoms with Crippen molar-refractivity contribution < 1.29 is 18.9 Å². The van der Waals surface area contributed by atoms with E-state index in [1.54, 1.807) is 25.3 Å². The molecular formula is C15H21NO4. The first-order valence-corrected chi connectivity index (χ1v) is 6.69. The maximum absolute atomic E-state index is 8.84. The van der Waals surface area contributed by atoms with Crippen LogP contribution in [0.1, 0.15) is 25.8 Å². The number of rotatable bonds is 9. The van der Waals surface area contributed by atoms with E-state index < -0.39 is 0 Å². The molecule has 5 heteroatoms. The average molecular weight is 279 g/mol. The Morgan fingerprint density at radius 1 is 1.15 bits per heavy atom. The second-order valence-corrected chi connectivity index (χ2v) is 3.95. The van der Waals surface area contributed by atoms with Gasteiger partial charge in [0.15, 0.2) is 17.8 Å². The van der Waals surface area contributed by atoms with Gasteiger partial charge in [-0.1, -0.05) is 0 Å². The number of ether oxygens (including phenoxy) is 4. The van der Waals surface area contributed by atoms with E-state index in [1.165, 1.54) is 0 Å². The van der Waals surface area contributed by atoms with E-state index in [1.807, 2.05) is 13.8 Å². The molecule has 5 nitrogen and oxygen atoms in total. The molecule has 0 amide bonds. The Balaban J connectivity index is 2.54. The van der Waals surface area contributed by atoms with E-state index in [2.05, 4.69) is 6.07 Å². The van der Waals surface area contributed by atoms with E-state index >= 15 is 0 Å². The highest BCUT2D eigenvalue weighted by molar-refractivity contribution is 5.46. The zero-order valence-electron chi connectivity index (χ0n) is 12.2. The standard InChI is InChI=1S/C15H21NO4/c1-4-18-15(19-5-2)8-9-20-13-7-6-12(11-16)10-14(13)17-3/h6-7,10,15H,4-5,8-9H2,1-3H3. The van der Waals surface area contributed by atoms with Crippen LogP contribution >= 0.6 is 0 Å². The van der Waals surface area contributed by atoms with E-state index in [0.717, 1.165) is 0 Å². The molecule has 0 N–H and O–H groups in total. The summed E-state index contributed by atoms with van der Waals surface area (Å²) in [4.78, 5) is 0. The van der Waals surface area contributed by atoms with Crippen molar-refractivity contribution in [2.75, 3.05) is 26.9 Å². The van der Waals surface area contributed by atoms with Gasteiger partial charge in [0.25, 0.3) is 0 Å². The summed E-state index contributed by atoms with van der Waals surface area (Å²) in [5, 5.41) is 8.84. The van der Waals surface area contributed by atoms with Gasteiger partial charge in [-0.25, -0.2) is 0 Å². The maximum Gasteiger partial charge on any atom is 0.162 e. The normalized spacial score (nSPS) is 10.3. The van der Waals surface area contributed by atoms with Crippen LogP contribution in [0.5, 0.6) is 11.5 Å². The molecule has 0 aliphatic heterocycles. The van der Waals surface area contributed by atoms with Gasteiger partial charge in [-0.15, -0.1) is 0 Å². The van der Waals surface area contributed by atoms with Crippen molar-refractivity contribution in [3.05, 3.63) is 23.8 Å². The number of hydrogen-bond donors (Lipinski definition) is 0. The second-order valence-electron chi connectivity index (χ2n) is 3.95. The Kier molecular flexibility index (Phi) is 7.48. The molecule has 0 saturated heterocycles. The van der Waals surface area contributed by atoms with Crippen molar-refractivity contribution in [3.63, 3.8) is 0 Å². The molecule has 0 aliphatic carbocycles. The second kappa shape index (κ2) is 9.18. The van der Waals surface area contributed by atoms with Crippen LogP contribution in [0.2, 0.25) is 0 Å². The van der Waals surface area contributed by atoms with Gasteiger partial charge < -0.3 is 18.9 Å². The molecule has 0 radical (unpaired) electrons. The fraction of sp³-hybridized carbons (Fsp3) is 0.533. The Labute approximate surface area is 120 Å². The molecule has 20 heavy (non-hydrogen) atoms. The van der Waals surface area contributed by atoms with Crippen molar-refractivity contribution in [1.29, 1.82) is 5.26 Å². The Morgan fingerprint density at radius 3 is 2.40 bits per heavy atom. The third-order valence-corrected chi connectivity index (χ3v) is 2.61. The smallest absolute Gasteiger partial charge is 0.162 e. The Morgan fingerprint density at radius 2 is 1.85 bits per heavy atom. The predicted molar refractivity (Wildman–Crippen MR) is 74.9 cm³/mol. The van der Waals surface area contributed by atoms with Crippen LogP contribution in [0.15, 0.2) is 18.2 Å². The summed E-state index contributed by atoms with van der Waals surface area (Å²) < 4.78 is 21.7. The van der Waals surface area contributed by atoms with Crippen LogP contribution in [-0.4, -0.2) is 33.2 Å². The highest BCUT2D eigenvalue weighted by atomic mass is 16.7. The minimum atomic E-state index is -0.255. The van der Waals surface area contributed by atoms with Gasteiger partial charge in [-0.05, 0) is 26.0 Å². The Hall–Kier alpha value is -1.77. The molecule has 0 unspecified atom stereocenters. The minimum absolute atomic E-state index is 0.255. The lowest BCUT2D eigenvalue weighted by Gasteiger charge is -2.17. The van der Waals surface area contributed by atoms with Gasteiger partial charge in [0.2, 0.25) is 0 Å². The molecule has 0 aromatic heterocycles. The van der Waals surface area contributed by atoms with Gasteiger partial charge in [0, 0.05) is 25.7 Å². The van der Waals surface area contributed by atoms with E-state index in [-0.39, 0.29) is 6.29 Å². The summed E-state index contributed by atoms with van der Waals surface area (Å²) in [5.41, 5.74) is 0.538. The zero-order chi connectivity index (χ0) is 14.8. The van der Waals surface area contributed by atoms with Crippen molar-refractivity contribution in [2.24, 2.45) is 0 Å². The van der Waals surface area contributed by atoms with Gasteiger partial charge in [-0.3, -0.25) is 0 Å². The number of benzene rings is 1. The largest absolute Gasteiger partial charge is 0.493 e. The molecule has 0 bridgehead atoms. The summed E-state index contributed by atoms with van der Waals surface area (Å²) >= 11 is 0. The summed E-state index contributed by atoms with van der Waals surface area (Å²) in [6, 6.07) is 7.14. The number of methoxy groups -OCH3 is 1. The molecule has 0 heterocycles. The fourth-order valence-corrected chi connectivity index (χ4v) is 1.71. The topological polar surface area (TPSA) is 60.7 Å². The summed E-state index contributed by atoms with van der Waals surface area (Å²) in [7, 11) is 1.55. The zero-order valence-corrected chi connectivity index (χ0v) is 12.2. The number of nitrogens with zero attached hydrogens (tertiary/aromatic N) is 1. The fourth-order valence-electron chi connectivity index (χ4n) is 1.71. The van der Waals surface area contributed by atoms with Crippen LogP contribution in [-0.2, 0) is 9.47 Å². The summed E-state index contributed by atoms with van der Waals surface area (Å²) in [6.45, 7) is 5.51. The predicted octanol–water partition coefficient (Wildman–Crippen LogP) is 2.73. The highest BCUT2D eigenvalue weighted by Gasteiger charge is 2.10. The van der Waals surface area contributed by atoms with E-state index in [9.17, 15) is 0 Å².